The highest BCUT2D eigenvalue weighted by Gasteiger charge is 2.21. The van der Waals surface area contributed by atoms with E-state index < -0.39 is 6.04 Å². The minimum Gasteiger partial charge on any atom is -0.496 e. The van der Waals surface area contributed by atoms with Gasteiger partial charge in [0.15, 0.2) is 0 Å². The highest BCUT2D eigenvalue weighted by Crippen LogP contribution is 2.27. The molecule has 0 amide bonds. The first-order valence-corrected chi connectivity index (χ1v) is 4.86. The van der Waals surface area contributed by atoms with Gasteiger partial charge in [0.25, 0.3) is 0 Å². The summed E-state index contributed by atoms with van der Waals surface area (Å²) in [5.41, 5.74) is 3.08. The lowest BCUT2D eigenvalue weighted by Gasteiger charge is -2.17. The van der Waals surface area contributed by atoms with Crippen molar-refractivity contribution in [1.82, 2.24) is 5.43 Å². The zero-order chi connectivity index (χ0) is 10.7. The van der Waals surface area contributed by atoms with Crippen LogP contribution in [0.1, 0.15) is 18.0 Å². The number of halogens is 1. The topological polar surface area (TPSA) is 47.3 Å². The van der Waals surface area contributed by atoms with Crippen LogP contribution in [0.15, 0.2) is 36.1 Å². The summed E-state index contributed by atoms with van der Waals surface area (Å²) in [5.74, 6) is 5.83. The van der Waals surface area contributed by atoms with Crippen molar-refractivity contribution < 1.29 is 9.13 Å². The largest absolute Gasteiger partial charge is 0.496 e. The minimum atomic E-state index is -0.395. The van der Waals surface area contributed by atoms with Gasteiger partial charge in [-0.25, -0.2) is 9.82 Å². The summed E-state index contributed by atoms with van der Waals surface area (Å²) in [6.45, 7) is 0.641. The molecular formula is C11H13FN2O. The second-order valence-electron chi connectivity index (χ2n) is 3.36. The van der Waals surface area contributed by atoms with Crippen molar-refractivity contribution in [2.45, 2.75) is 12.5 Å². The van der Waals surface area contributed by atoms with Crippen LogP contribution < -0.4 is 11.3 Å². The Morgan fingerprint density at radius 3 is 2.80 bits per heavy atom. The monoisotopic (exact) mass is 208 g/mol. The van der Waals surface area contributed by atoms with Gasteiger partial charge in [0.2, 0.25) is 0 Å². The average molecular weight is 208 g/mol. The Bertz CT molecular complexity index is 379. The molecule has 15 heavy (non-hydrogen) atoms. The molecule has 1 aliphatic heterocycles. The van der Waals surface area contributed by atoms with E-state index >= 15 is 0 Å². The van der Waals surface area contributed by atoms with E-state index in [1.54, 1.807) is 18.2 Å². The predicted molar refractivity (Wildman–Crippen MR) is 55.1 cm³/mol. The van der Waals surface area contributed by atoms with Gasteiger partial charge in [-0.3, -0.25) is 5.84 Å². The number of rotatable bonds is 3. The second-order valence-corrected chi connectivity index (χ2v) is 3.36. The molecule has 1 unspecified atom stereocenters. The normalized spacial score (nSPS) is 17.1. The number of hydrazine groups is 1. The molecule has 3 N–H and O–H groups in total. The van der Waals surface area contributed by atoms with E-state index in [1.807, 2.05) is 6.08 Å². The molecule has 0 fully saturated rings. The fourth-order valence-corrected chi connectivity index (χ4v) is 1.67. The number of nitrogens with one attached hydrogen (secondary N) is 1. The Morgan fingerprint density at radius 2 is 2.20 bits per heavy atom. The SMILES string of the molecule is NNC(C1=CCCO1)c1ccccc1F. The molecule has 3 nitrogen and oxygen atoms in total. The highest BCUT2D eigenvalue weighted by molar-refractivity contribution is 5.27. The van der Waals surface area contributed by atoms with E-state index in [9.17, 15) is 4.39 Å². The predicted octanol–water partition coefficient (Wildman–Crippen LogP) is 1.63. The summed E-state index contributed by atoms with van der Waals surface area (Å²) in [5, 5.41) is 0. The van der Waals surface area contributed by atoms with Crippen LogP contribution in [0.25, 0.3) is 0 Å². The molecule has 1 atom stereocenters. The van der Waals surface area contributed by atoms with Crippen molar-refractivity contribution in [2.75, 3.05) is 6.61 Å². The number of ether oxygens (including phenoxy) is 1. The molecule has 1 aliphatic rings. The molecular weight excluding hydrogens is 195 g/mol. The third-order valence-corrected chi connectivity index (χ3v) is 2.40. The van der Waals surface area contributed by atoms with Crippen LogP contribution in [0, 0.1) is 5.82 Å². The van der Waals surface area contributed by atoms with E-state index in [2.05, 4.69) is 5.43 Å². The summed E-state index contributed by atoms with van der Waals surface area (Å²) < 4.78 is 18.9. The first kappa shape index (κ1) is 10.1. The quantitative estimate of drug-likeness (QED) is 0.586. The van der Waals surface area contributed by atoms with Crippen molar-refractivity contribution in [3.05, 3.63) is 47.5 Å². The van der Waals surface area contributed by atoms with Gasteiger partial charge >= 0.3 is 0 Å². The Labute approximate surface area is 87.7 Å². The number of benzene rings is 1. The van der Waals surface area contributed by atoms with Crippen molar-refractivity contribution in [3.8, 4) is 0 Å². The van der Waals surface area contributed by atoms with Crippen LogP contribution in [0.2, 0.25) is 0 Å². The van der Waals surface area contributed by atoms with Gasteiger partial charge in [-0.15, -0.1) is 0 Å². The zero-order valence-corrected chi connectivity index (χ0v) is 8.24. The van der Waals surface area contributed by atoms with Crippen LogP contribution in [0.3, 0.4) is 0 Å². The van der Waals surface area contributed by atoms with Gasteiger partial charge in [0.05, 0.1) is 6.61 Å². The molecule has 1 aromatic carbocycles. The maximum Gasteiger partial charge on any atom is 0.128 e. The van der Waals surface area contributed by atoms with Crippen LogP contribution in [-0.4, -0.2) is 6.61 Å². The van der Waals surface area contributed by atoms with Gasteiger partial charge in [0.1, 0.15) is 17.6 Å². The number of hydrogen-bond acceptors (Lipinski definition) is 3. The highest BCUT2D eigenvalue weighted by atomic mass is 19.1. The maximum absolute atomic E-state index is 13.5. The summed E-state index contributed by atoms with van der Waals surface area (Å²) in [7, 11) is 0. The van der Waals surface area contributed by atoms with E-state index in [-0.39, 0.29) is 5.82 Å². The van der Waals surface area contributed by atoms with Gasteiger partial charge in [-0.05, 0) is 12.1 Å². The van der Waals surface area contributed by atoms with Crippen molar-refractivity contribution in [2.24, 2.45) is 5.84 Å². The molecule has 0 aromatic heterocycles. The molecule has 80 valence electrons. The van der Waals surface area contributed by atoms with Crippen molar-refractivity contribution in [1.29, 1.82) is 0 Å². The lowest BCUT2D eigenvalue weighted by molar-refractivity contribution is 0.214. The molecule has 0 saturated carbocycles. The molecule has 0 radical (unpaired) electrons. The standard InChI is InChI=1S/C11H13FN2O/c12-9-5-2-1-4-8(9)11(14-13)10-6-3-7-15-10/h1-2,4-6,11,14H,3,7,13H2. The van der Waals surface area contributed by atoms with Gasteiger partial charge in [-0.1, -0.05) is 18.2 Å². The number of nitrogens with two attached hydrogens (primary N) is 1. The minimum absolute atomic E-state index is 0.281. The molecule has 2 rings (SSSR count). The summed E-state index contributed by atoms with van der Waals surface area (Å²) in [4.78, 5) is 0. The van der Waals surface area contributed by atoms with Crippen LogP contribution >= 0.6 is 0 Å². The van der Waals surface area contributed by atoms with Crippen LogP contribution in [0.4, 0.5) is 4.39 Å². The average Bonchev–Trinajstić information content (AvgIpc) is 2.75. The van der Waals surface area contributed by atoms with Crippen LogP contribution in [0.5, 0.6) is 0 Å². The van der Waals surface area contributed by atoms with Crippen LogP contribution in [-0.2, 0) is 4.74 Å². The van der Waals surface area contributed by atoms with Gasteiger partial charge in [0, 0.05) is 12.0 Å². The van der Waals surface area contributed by atoms with E-state index in [0.717, 1.165) is 6.42 Å². The fraction of sp³-hybridized carbons (Fsp3) is 0.273. The third kappa shape index (κ3) is 2.00. The Morgan fingerprint density at radius 1 is 1.40 bits per heavy atom. The first-order chi connectivity index (χ1) is 7.33. The molecule has 0 bridgehead atoms. The Kier molecular flexibility index (Phi) is 2.99. The molecule has 0 saturated heterocycles. The summed E-state index contributed by atoms with van der Waals surface area (Å²) >= 11 is 0. The van der Waals surface area contributed by atoms with Crippen molar-refractivity contribution in [3.63, 3.8) is 0 Å². The summed E-state index contributed by atoms with van der Waals surface area (Å²) in [6.07, 6.45) is 2.78. The number of hydrogen-bond donors (Lipinski definition) is 2. The third-order valence-electron chi connectivity index (χ3n) is 2.40. The first-order valence-electron chi connectivity index (χ1n) is 4.86. The molecule has 4 heteroatoms. The Balaban J connectivity index is 2.30. The molecule has 1 heterocycles. The van der Waals surface area contributed by atoms with E-state index in [1.165, 1.54) is 6.07 Å². The second kappa shape index (κ2) is 4.42. The molecule has 0 aliphatic carbocycles. The lowest BCUT2D eigenvalue weighted by Crippen LogP contribution is -2.30. The van der Waals surface area contributed by atoms with E-state index in [0.29, 0.717) is 17.9 Å². The summed E-state index contributed by atoms with van der Waals surface area (Å²) in [6, 6.07) is 6.14. The zero-order valence-electron chi connectivity index (χ0n) is 8.24. The Hall–Kier alpha value is -1.39. The molecule has 0 spiro atoms. The van der Waals surface area contributed by atoms with Gasteiger partial charge in [-0.2, -0.15) is 0 Å². The smallest absolute Gasteiger partial charge is 0.128 e. The van der Waals surface area contributed by atoms with Crippen molar-refractivity contribution >= 4 is 0 Å². The van der Waals surface area contributed by atoms with Gasteiger partial charge < -0.3 is 4.74 Å². The lowest BCUT2D eigenvalue weighted by atomic mass is 10.0. The van der Waals surface area contributed by atoms with E-state index in [4.69, 9.17) is 10.6 Å². The fourth-order valence-electron chi connectivity index (χ4n) is 1.67. The molecule has 1 aromatic rings. The maximum atomic E-state index is 13.5.